The number of piperidine rings is 1. The maximum absolute atomic E-state index is 6.12. The Kier molecular flexibility index (Phi) is 4.38. The first-order valence-electron chi connectivity index (χ1n) is 6.30. The summed E-state index contributed by atoms with van der Waals surface area (Å²) < 4.78 is 0. The first kappa shape index (κ1) is 12.1. The summed E-state index contributed by atoms with van der Waals surface area (Å²) >= 11 is 1.87. The lowest BCUT2D eigenvalue weighted by Crippen LogP contribution is -2.47. The van der Waals surface area contributed by atoms with Gasteiger partial charge in [0.1, 0.15) is 0 Å². The molecule has 90 valence electrons. The molecule has 3 heteroatoms. The van der Waals surface area contributed by atoms with E-state index in [4.69, 9.17) is 5.73 Å². The molecule has 2 rings (SSSR count). The molecule has 1 fully saturated rings. The van der Waals surface area contributed by atoms with Crippen LogP contribution in [0.25, 0.3) is 0 Å². The van der Waals surface area contributed by atoms with Gasteiger partial charge in [0.15, 0.2) is 0 Å². The average Bonchev–Trinajstić information content (AvgIpc) is 2.81. The van der Waals surface area contributed by atoms with Gasteiger partial charge in [0.05, 0.1) is 0 Å². The molecular formula is C13H22N2S. The normalized spacial score (nSPS) is 27.1. The predicted octanol–water partition coefficient (Wildman–Crippen LogP) is 2.35. The Bertz CT molecular complexity index is 297. The van der Waals surface area contributed by atoms with Crippen molar-refractivity contribution in [3.63, 3.8) is 0 Å². The minimum absolute atomic E-state index is 0.433. The lowest BCUT2D eigenvalue weighted by molar-refractivity contribution is 0.154. The van der Waals surface area contributed by atoms with Gasteiger partial charge < -0.3 is 10.6 Å². The van der Waals surface area contributed by atoms with Crippen LogP contribution in [0.2, 0.25) is 0 Å². The zero-order valence-corrected chi connectivity index (χ0v) is 10.9. The van der Waals surface area contributed by atoms with Crippen molar-refractivity contribution in [1.29, 1.82) is 0 Å². The van der Waals surface area contributed by atoms with Crippen LogP contribution >= 0.6 is 11.3 Å². The molecule has 0 amide bonds. The third-order valence-electron chi connectivity index (χ3n) is 3.66. The maximum atomic E-state index is 6.12. The van der Waals surface area contributed by atoms with Gasteiger partial charge in [-0.1, -0.05) is 19.4 Å². The van der Waals surface area contributed by atoms with Crippen molar-refractivity contribution in [2.24, 2.45) is 11.7 Å². The van der Waals surface area contributed by atoms with E-state index in [1.807, 2.05) is 11.3 Å². The summed E-state index contributed by atoms with van der Waals surface area (Å²) in [6.07, 6.45) is 3.59. The summed E-state index contributed by atoms with van der Waals surface area (Å²) in [4.78, 5) is 4.08. The molecule has 0 bridgehead atoms. The van der Waals surface area contributed by atoms with E-state index in [9.17, 15) is 0 Å². The van der Waals surface area contributed by atoms with Gasteiger partial charge in [-0.05, 0) is 36.8 Å². The van der Waals surface area contributed by atoms with Crippen LogP contribution in [0.3, 0.4) is 0 Å². The molecule has 1 saturated heterocycles. The van der Waals surface area contributed by atoms with Gasteiger partial charge in [0, 0.05) is 24.0 Å². The second-order valence-electron chi connectivity index (χ2n) is 4.75. The number of hydrogen-bond donors (Lipinski definition) is 1. The Labute approximate surface area is 102 Å². The molecule has 0 aliphatic carbocycles. The first-order valence-corrected chi connectivity index (χ1v) is 7.18. The molecule has 1 aliphatic heterocycles. The van der Waals surface area contributed by atoms with Gasteiger partial charge in [-0.15, -0.1) is 11.3 Å². The first-order chi connectivity index (χ1) is 7.79. The molecule has 2 N–H and O–H groups in total. The van der Waals surface area contributed by atoms with E-state index in [-0.39, 0.29) is 0 Å². The minimum Gasteiger partial charge on any atom is -0.327 e. The number of thiophene rings is 1. The SMILES string of the molecule is CCC1CN(CCc2cccs2)CCC1N. The smallest absolute Gasteiger partial charge is 0.00914 e. The molecule has 1 aromatic heterocycles. The molecule has 0 saturated carbocycles. The van der Waals surface area contributed by atoms with E-state index in [2.05, 4.69) is 29.3 Å². The summed E-state index contributed by atoms with van der Waals surface area (Å²) in [5.74, 6) is 0.706. The van der Waals surface area contributed by atoms with Crippen molar-refractivity contribution in [2.75, 3.05) is 19.6 Å². The van der Waals surface area contributed by atoms with Gasteiger partial charge in [0.25, 0.3) is 0 Å². The van der Waals surface area contributed by atoms with E-state index in [0.717, 1.165) is 0 Å². The molecule has 2 heterocycles. The fourth-order valence-corrected chi connectivity index (χ4v) is 3.18. The third-order valence-corrected chi connectivity index (χ3v) is 4.59. The number of rotatable bonds is 4. The van der Waals surface area contributed by atoms with Crippen LogP contribution in [0.15, 0.2) is 17.5 Å². The van der Waals surface area contributed by atoms with Gasteiger partial charge in [-0.3, -0.25) is 0 Å². The van der Waals surface area contributed by atoms with Gasteiger partial charge in [-0.2, -0.15) is 0 Å². The zero-order chi connectivity index (χ0) is 11.4. The number of likely N-dealkylation sites (tertiary alicyclic amines) is 1. The topological polar surface area (TPSA) is 29.3 Å². The third kappa shape index (κ3) is 3.06. The Morgan fingerprint density at radius 2 is 2.44 bits per heavy atom. The predicted molar refractivity (Wildman–Crippen MR) is 70.8 cm³/mol. The Morgan fingerprint density at radius 1 is 1.56 bits per heavy atom. The van der Waals surface area contributed by atoms with Crippen molar-refractivity contribution in [3.8, 4) is 0 Å². The van der Waals surface area contributed by atoms with Crippen LogP contribution in [0, 0.1) is 5.92 Å². The van der Waals surface area contributed by atoms with Crippen LogP contribution < -0.4 is 5.73 Å². The Balaban J connectivity index is 1.78. The lowest BCUT2D eigenvalue weighted by Gasteiger charge is -2.36. The van der Waals surface area contributed by atoms with Crippen molar-refractivity contribution in [2.45, 2.75) is 32.2 Å². The molecule has 16 heavy (non-hydrogen) atoms. The highest BCUT2D eigenvalue weighted by Crippen LogP contribution is 2.19. The Hall–Kier alpha value is -0.380. The van der Waals surface area contributed by atoms with Crippen LogP contribution in [0.4, 0.5) is 0 Å². The van der Waals surface area contributed by atoms with Crippen LogP contribution in [0.5, 0.6) is 0 Å². The molecule has 0 radical (unpaired) electrons. The zero-order valence-electron chi connectivity index (χ0n) is 10.1. The van der Waals surface area contributed by atoms with Crippen LogP contribution in [-0.4, -0.2) is 30.6 Å². The fourth-order valence-electron chi connectivity index (χ4n) is 2.48. The Morgan fingerprint density at radius 3 is 3.12 bits per heavy atom. The summed E-state index contributed by atoms with van der Waals surface area (Å²) in [5.41, 5.74) is 6.12. The summed E-state index contributed by atoms with van der Waals surface area (Å²) in [5, 5.41) is 2.16. The monoisotopic (exact) mass is 238 g/mol. The minimum atomic E-state index is 0.433. The van der Waals surface area contributed by atoms with Gasteiger partial charge in [-0.25, -0.2) is 0 Å². The van der Waals surface area contributed by atoms with Crippen molar-refractivity contribution in [1.82, 2.24) is 4.90 Å². The molecule has 1 aromatic rings. The highest BCUT2D eigenvalue weighted by atomic mass is 32.1. The van der Waals surface area contributed by atoms with E-state index in [1.165, 1.54) is 43.8 Å². The standard InChI is InChI=1S/C13H22N2S/c1-2-11-10-15(8-6-13(11)14)7-5-12-4-3-9-16-12/h3-4,9,11,13H,2,5-8,10,14H2,1H3. The fraction of sp³-hybridized carbons (Fsp3) is 0.692. The molecule has 2 unspecified atom stereocenters. The second-order valence-corrected chi connectivity index (χ2v) is 5.78. The van der Waals surface area contributed by atoms with E-state index in [1.54, 1.807) is 0 Å². The highest BCUT2D eigenvalue weighted by Gasteiger charge is 2.24. The van der Waals surface area contributed by atoms with Crippen molar-refractivity contribution < 1.29 is 0 Å². The molecule has 1 aliphatic rings. The van der Waals surface area contributed by atoms with E-state index in [0.29, 0.717) is 12.0 Å². The van der Waals surface area contributed by atoms with E-state index >= 15 is 0 Å². The van der Waals surface area contributed by atoms with Crippen LogP contribution in [-0.2, 0) is 6.42 Å². The number of hydrogen-bond acceptors (Lipinski definition) is 3. The maximum Gasteiger partial charge on any atom is 0.00914 e. The molecule has 0 spiro atoms. The second kappa shape index (κ2) is 5.80. The van der Waals surface area contributed by atoms with Crippen LogP contribution in [0.1, 0.15) is 24.6 Å². The van der Waals surface area contributed by atoms with E-state index < -0.39 is 0 Å². The molecule has 2 atom stereocenters. The van der Waals surface area contributed by atoms with Crippen molar-refractivity contribution in [3.05, 3.63) is 22.4 Å². The quantitative estimate of drug-likeness (QED) is 0.872. The largest absolute Gasteiger partial charge is 0.327 e. The lowest BCUT2D eigenvalue weighted by atomic mass is 9.90. The molecule has 0 aromatic carbocycles. The summed E-state index contributed by atoms with van der Waals surface area (Å²) in [6.45, 7) is 5.84. The van der Waals surface area contributed by atoms with Gasteiger partial charge >= 0.3 is 0 Å². The molecular weight excluding hydrogens is 216 g/mol. The average molecular weight is 238 g/mol. The number of nitrogens with zero attached hydrogens (tertiary/aromatic N) is 1. The highest BCUT2D eigenvalue weighted by molar-refractivity contribution is 7.09. The summed E-state index contributed by atoms with van der Waals surface area (Å²) in [7, 11) is 0. The molecule has 2 nitrogen and oxygen atoms in total. The van der Waals surface area contributed by atoms with Gasteiger partial charge in [0.2, 0.25) is 0 Å². The number of nitrogens with two attached hydrogens (primary N) is 1. The summed E-state index contributed by atoms with van der Waals surface area (Å²) in [6, 6.07) is 4.81. The van der Waals surface area contributed by atoms with Crippen molar-refractivity contribution >= 4 is 11.3 Å².